The minimum Gasteiger partial charge on any atom is -0.340 e. The van der Waals surface area contributed by atoms with Crippen LogP contribution in [0.1, 0.15) is 31.7 Å². The van der Waals surface area contributed by atoms with E-state index in [1.54, 1.807) is 18.2 Å². The van der Waals surface area contributed by atoms with E-state index in [1.807, 2.05) is 4.90 Å². The second-order valence-electron chi connectivity index (χ2n) is 5.34. The Labute approximate surface area is 113 Å². The molecule has 1 aliphatic rings. The van der Waals surface area contributed by atoms with E-state index in [9.17, 15) is 9.18 Å². The minimum atomic E-state index is -0.322. The zero-order valence-corrected chi connectivity index (χ0v) is 11.3. The van der Waals surface area contributed by atoms with Crippen molar-refractivity contribution in [3.05, 3.63) is 35.6 Å². The number of nitrogens with zero attached hydrogens (tertiary/aromatic N) is 1. The van der Waals surface area contributed by atoms with E-state index in [0.29, 0.717) is 24.4 Å². The summed E-state index contributed by atoms with van der Waals surface area (Å²) in [7, 11) is 0. The number of carbonyl (C=O) groups excluding carboxylic acids is 1. The van der Waals surface area contributed by atoms with Gasteiger partial charge in [-0.3, -0.25) is 4.79 Å². The number of hydrogen-bond donors (Lipinski definition) is 1. The van der Waals surface area contributed by atoms with Crippen molar-refractivity contribution in [1.82, 2.24) is 4.90 Å². The summed E-state index contributed by atoms with van der Waals surface area (Å²) in [6.07, 6.45) is 2.82. The highest BCUT2D eigenvalue weighted by molar-refractivity contribution is 5.77. The van der Waals surface area contributed by atoms with Gasteiger partial charge in [-0.05, 0) is 37.8 Å². The molecule has 0 spiro atoms. The van der Waals surface area contributed by atoms with Crippen molar-refractivity contribution < 1.29 is 9.18 Å². The van der Waals surface area contributed by atoms with Crippen molar-refractivity contribution in [1.29, 1.82) is 0 Å². The van der Waals surface area contributed by atoms with Gasteiger partial charge in [0.1, 0.15) is 5.82 Å². The van der Waals surface area contributed by atoms with E-state index < -0.39 is 0 Å². The molecule has 1 aromatic rings. The molecule has 0 aliphatic carbocycles. The highest BCUT2D eigenvalue weighted by atomic mass is 19.1. The Balaban J connectivity index is 1.89. The number of rotatable bonds is 4. The minimum absolute atomic E-state index is 0.0915. The van der Waals surface area contributed by atoms with Crippen molar-refractivity contribution in [3.8, 4) is 0 Å². The van der Waals surface area contributed by atoms with Crippen LogP contribution in [0.4, 0.5) is 4.39 Å². The Hall–Kier alpha value is -1.42. The van der Waals surface area contributed by atoms with E-state index in [2.05, 4.69) is 6.92 Å². The van der Waals surface area contributed by atoms with Crippen LogP contribution < -0.4 is 5.73 Å². The Bertz CT molecular complexity index is 450. The number of nitrogens with two attached hydrogens (primary N) is 1. The fraction of sp³-hybridized carbons (Fsp3) is 0.533. The summed E-state index contributed by atoms with van der Waals surface area (Å²) in [5, 5.41) is 0. The molecule has 1 saturated heterocycles. The number of likely N-dealkylation sites (tertiary alicyclic amines) is 1. The molecular formula is C15H21FN2O. The molecule has 0 saturated carbocycles. The highest BCUT2D eigenvalue weighted by Gasteiger charge is 2.26. The molecule has 1 aliphatic heterocycles. The van der Waals surface area contributed by atoms with Crippen molar-refractivity contribution in [2.75, 3.05) is 6.54 Å². The van der Waals surface area contributed by atoms with E-state index >= 15 is 0 Å². The van der Waals surface area contributed by atoms with Crippen LogP contribution in [-0.4, -0.2) is 29.4 Å². The Morgan fingerprint density at radius 3 is 2.89 bits per heavy atom. The van der Waals surface area contributed by atoms with Crippen LogP contribution in [0.3, 0.4) is 0 Å². The number of benzene rings is 1. The van der Waals surface area contributed by atoms with Gasteiger partial charge in [0.2, 0.25) is 5.91 Å². The van der Waals surface area contributed by atoms with Crippen LogP contribution in [0.15, 0.2) is 24.3 Å². The van der Waals surface area contributed by atoms with Gasteiger partial charge in [0.25, 0.3) is 0 Å². The maximum absolute atomic E-state index is 13.5. The van der Waals surface area contributed by atoms with Crippen LogP contribution in [0.5, 0.6) is 0 Å². The summed E-state index contributed by atoms with van der Waals surface area (Å²) in [6, 6.07) is 6.58. The predicted molar refractivity (Wildman–Crippen MR) is 73.1 cm³/mol. The predicted octanol–water partition coefficient (Wildman–Crippen LogP) is 2.10. The first-order chi connectivity index (χ1) is 9.08. The third kappa shape index (κ3) is 3.53. The van der Waals surface area contributed by atoms with Gasteiger partial charge in [0.15, 0.2) is 0 Å². The fourth-order valence-electron chi connectivity index (χ4n) is 2.66. The molecule has 4 heteroatoms. The van der Waals surface area contributed by atoms with Crippen molar-refractivity contribution in [3.63, 3.8) is 0 Å². The largest absolute Gasteiger partial charge is 0.340 e. The number of halogens is 1. The molecule has 1 fully saturated rings. The van der Waals surface area contributed by atoms with Crippen LogP contribution in [-0.2, 0) is 11.2 Å². The molecule has 0 unspecified atom stereocenters. The summed E-state index contributed by atoms with van der Waals surface area (Å²) in [6.45, 7) is 2.89. The summed E-state index contributed by atoms with van der Waals surface area (Å²) in [5.74, 6) is -0.159. The SMILES string of the molecule is C[C@@H]1CCCN1C(=O)C[C@H](N)Cc1ccccc1F. The average molecular weight is 264 g/mol. The van der Waals surface area contributed by atoms with Crippen molar-refractivity contribution >= 4 is 5.91 Å². The van der Waals surface area contributed by atoms with Crippen LogP contribution in [0.2, 0.25) is 0 Å². The Kier molecular flexibility index (Phi) is 4.53. The molecule has 104 valence electrons. The second kappa shape index (κ2) is 6.15. The Morgan fingerprint density at radius 1 is 1.53 bits per heavy atom. The number of amides is 1. The molecule has 19 heavy (non-hydrogen) atoms. The third-order valence-electron chi connectivity index (χ3n) is 3.75. The molecule has 0 aromatic heterocycles. The first kappa shape index (κ1) is 14.0. The zero-order chi connectivity index (χ0) is 13.8. The molecule has 2 rings (SSSR count). The van der Waals surface area contributed by atoms with Gasteiger partial charge in [0, 0.05) is 25.0 Å². The van der Waals surface area contributed by atoms with Gasteiger partial charge in [-0.2, -0.15) is 0 Å². The summed E-state index contributed by atoms with van der Waals surface area (Å²) in [5.41, 5.74) is 6.56. The summed E-state index contributed by atoms with van der Waals surface area (Å²) in [4.78, 5) is 14.0. The third-order valence-corrected chi connectivity index (χ3v) is 3.75. The van der Waals surface area contributed by atoms with E-state index in [-0.39, 0.29) is 17.8 Å². The van der Waals surface area contributed by atoms with E-state index in [1.165, 1.54) is 6.07 Å². The molecule has 1 heterocycles. The maximum Gasteiger partial charge on any atom is 0.224 e. The van der Waals surface area contributed by atoms with Gasteiger partial charge in [-0.25, -0.2) is 4.39 Å². The lowest BCUT2D eigenvalue weighted by Gasteiger charge is -2.23. The highest BCUT2D eigenvalue weighted by Crippen LogP contribution is 2.18. The maximum atomic E-state index is 13.5. The summed E-state index contributed by atoms with van der Waals surface area (Å²) < 4.78 is 13.5. The molecular weight excluding hydrogens is 243 g/mol. The normalized spacial score (nSPS) is 20.6. The number of hydrogen-bond acceptors (Lipinski definition) is 2. The van der Waals surface area contributed by atoms with Crippen LogP contribution in [0.25, 0.3) is 0 Å². The average Bonchev–Trinajstić information content (AvgIpc) is 2.78. The molecule has 2 atom stereocenters. The number of carbonyl (C=O) groups is 1. The van der Waals surface area contributed by atoms with Crippen molar-refractivity contribution in [2.24, 2.45) is 5.73 Å². The first-order valence-electron chi connectivity index (χ1n) is 6.86. The molecule has 2 N–H and O–H groups in total. The second-order valence-corrected chi connectivity index (χ2v) is 5.34. The van der Waals surface area contributed by atoms with Gasteiger partial charge >= 0.3 is 0 Å². The van der Waals surface area contributed by atoms with Gasteiger partial charge in [-0.15, -0.1) is 0 Å². The van der Waals surface area contributed by atoms with Crippen LogP contribution in [0, 0.1) is 5.82 Å². The zero-order valence-electron chi connectivity index (χ0n) is 11.3. The molecule has 1 amide bonds. The molecule has 0 radical (unpaired) electrons. The Morgan fingerprint density at radius 2 is 2.26 bits per heavy atom. The van der Waals surface area contributed by atoms with Gasteiger partial charge in [-0.1, -0.05) is 18.2 Å². The quantitative estimate of drug-likeness (QED) is 0.905. The fourth-order valence-corrected chi connectivity index (χ4v) is 2.66. The molecule has 1 aromatic carbocycles. The lowest BCUT2D eigenvalue weighted by atomic mass is 10.0. The monoisotopic (exact) mass is 264 g/mol. The van der Waals surface area contributed by atoms with Crippen LogP contribution >= 0.6 is 0 Å². The smallest absolute Gasteiger partial charge is 0.224 e. The molecule has 3 nitrogen and oxygen atoms in total. The first-order valence-corrected chi connectivity index (χ1v) is 6.86. The lowest BCUT2D eigenvalue weighted by molar-refractivity contribution is -0.132. The van der Waals surface area contributed by atoms with E-state index in [4.69, 9.17) is 5.73 Å². The topological polar surface area (TPSA) is 46.3 Å². The van der Waals surface area contributed by atoms with Gasteiger partial charge in [0.05, 0.1) is 0 Å². The molecule has 0 bridgehead atoms. The van der Waals surface area contributed by atoms with E-state index in [0.717, 1.165) is 19.4 Å². The van der Waals surface area contributed by atoms with Gasteiger partial charge < -0.3 is 10.6 Å². The summed E-state index contributed by atoms with van der Waals surface area (Å²) >= 11 is 0. The van der Waals surface area contributed by atoms with Crippen molar-refractivity contribution in [2.45, 2.75) is 44.7 Å². The lowest BCUT2D eigenvalue weighted by Crippen LogP contribution is -2.38. The standard InChI is InChI=1S/C15H21FN2O/c1-11-5-4-8-18(11)15(19)10-13(17)9-12-6-2-3-7-14(12)16/h2-3,6-7,11,13H,4-5,8-10,17H2,1H3/t11-,13-/m1/s1.